The summed E-state index contributed by atoms with van der Waals surface area (Å²) in [6, 6.07) is 0. The van der Waals surface area contributed by atoms with E-state index < -0.39 is 17.9 Å². The van der Waals surface area contributed by atoms with E-state index in [2.05, 4.69) is 6.92 Å². The van der Waals surface area contributed by atoms with E-state index in [9.17, 15) is 18.0 Å². The predicted octanol–water partition coefficient (Wildman–Crippen LogP) is 4.89. The zero-order valence-corrected chi connectivity index (χ0v) is 10.8. The van der Waals surface area contributed by atoms with Gasteiger partial charge in [-0.15, -0.1) is 0 Å². The molecule has 0 fully saturated rings. The lowest BCUT2D eigenvalue weighted by atomic mass is 9.91. The zero-order valence-electron chi connectivity index (χ0n) is 10.8. The molecule has 0 aliphatic carbocycles. The number of hydrogen-bond acceptors (Lipinski definition) is 1. The SMILES string of the molecule is CCCCCCC(CCCC)C(=O)C(F)(F)F. The summed E-state index contributed by atoms with van der Waals surface area (Å²) < 4.78 is 37.1. The van der Waals surface area contributed by atoms with Gasteiger partial charge in [0.15, 0.2) is 0 Å². The third kappa shape index (κ3) is 7.40. The molecule has 0 rings (SSSR count). The molecule has 0 aliphatic rings. The Bertz CT molecular complexity index is 211. The Morgan fingerprint density at radius 3 is 1.94 bits per heavy atom. The molecule has 1 unspecified atom stereocenters. The summed E-state index contributed by atoms with van der Waals surface area (Å²) in [5.41, 5.74) is 0. The molecule has 0 aromatic rings. The van der Waals surface area contributed by atoms with Crippen molar-refractivity contribution in [1.82, 2.24) is 0 Å². The van der Waals surface area contributed by atoms with Crippen LogP contribution in [0.15, 0.2) is 0 Å². The van der Waals surface area contributed by atoms with Crippen LogP contribution in [0, 0.1) is 5.92 Å². The minimum Gasteiger partial charge on any atom is -0.289 e. The summed E-state index contributed by atoms with van der Waals surface area (Å²) in [6.07, 6.45) is 1.35. The van der Waals surface area contributed by atoms with E-state index in [0.717, 1.165) is 32.1 Å². The second-order valence-corrected chi connectivity index (χ2v) is 4.55. The summed E-state index contributed by atoms with van der Waals surface area (Å²) in [4.78, 5) is 11.2. The summed E-state index contributed by atoms with van der Waals surface area (Å²) in [5.74, 6) is -2.34. The molecule has 1 nitrogen and oxygen atoms in total. The first-order valence-electron chi connectivity index (χ1n) is 6.54. The molecule has 0 bridgehead atoms. The maximum Gasteiger partial charge on any atom is 0.450 e. The van der Waals surface area contributed by atoms with Crippen molar-refractivity contribution < 1.29 is 18.0 Å². The maximum absolute atomic E-state index is 12.4. The van der Waals surface area contributed by atoms with E-state index in [1.165, 1.54) is 0 Å². The topological polar surface area (TPSA) is 17.1 Å². The molecular formula is C13H23F3O. The lowest BCUT2D eigenvalue weighted by Gasteiger charge is -2.17. The average Bonchev–Trinajstić information content (AvgIpc) is 2.26. The monoisotopic (exact) mass is 252 g/mol. The van der Waals surface area contributed by atoms with Gasteiger partial charge in [0.25, 0.3) is 0 Å². The van der Waals surface area contributed by atoms with Gasteiger partial charge in [0.05, 0.1) is 0 Å². The van der Waals surface area contributed by atoms with Crippen LogP contribution in [-0.4, -0.2) is 12.0 Å². The van der Waals surface area contributed by atoms with Crippen molar-refractivity contribution >= 4 is 5.78 Å². The number of carbonyl (C=O) groups excluding carboxylic acids is 1. The van der Waals surface area contributed by atoms with Crippen LogP contribution in [0.1, 0.15) is 65.2 Å². The molecule has 4 heteroatoms. The van der Waals surface area contributed by atoms with Crippen LogP contribution in [0.5, 0.6) is 0 Å². The van der Waals surface area contributed by atoms with Gasteiger partial charge in [-0.2, -0.15) is 13.2 Å². The second-order valence-electron chi connectivity index (χ2n) is 4.55. The van der Waals surface area contributed by atoms with Crippen molar-refractivity contribution in [1.29, 1.82) is 0 Å². The summed E-state index contributed by atoms with van der Waals surface area (Å²) in [5, 5.41) is 0. The van der Waals surface area contributed by atoms with Crippen molar-refractivity contribution in [3.05, 3.63) is 0 Å². The largest absolute Gasteiger partial charge is 0.450 e. The molecule has 102 valence electrons. The van der Waals surface area contributed by atoms with Gasteiger partial charge in [-0.3, -0.25) is 4.79 Å². The lowest BCUT2D eigenvalue weighted by Crippen LogP contribution is -2.30. The Kier molecular flexibility index (Phi) is 8.26. The van der Waals surface area contributed by atoms with E-state index in [1.807, 2.05) is 6.92 Å². The number of ketones is 1. The third-order valence-electron chi connectivity index (χ3n) is 2.96. The predicted molar refractivity (Wildman–Crippen MR) is 62.8 cm³/mol. The third-order valence-corrected chi connectivity index (χ3v) is 2.96. The molecule has 0 saturated carbocycles. The molecule has 17 heavy (non-hydrogen) atoms. The van der Waals surface area contributed by atoms with Crippen molar-refractivity contribution in [3.63, 3.8) is 0 Å². The highest BCUT2D eigenvalue weighted by atomic mass is 19.4. The fourth-order valence-electron chi connectivity index (χ4n) is 1.91. The highest BCUT2D eigenvalue weighted by Gasteiger charge is 2.42. The van der Waals surface area contributed by atoms with Crippen LogP contribution in [0.25, 0.3) is 0 Å². The van der Waals surface area contributed by atoms with E-state index >= 15 is 0 Å². The van der Waals surface area contributed by atoms with Crippen molar-refractivity contribution in [2.45, 2.75) is 71.4 Å². The summed E-state index contributed by atoms with van der Waals surface area (Å²) in [7, 11) is 0. The smallest absolute Gasteiger partial charge is 0.289 e. The normalized spacial score (nSPS) is 13.7. The molecule has 0 N–H and O–H groups in total. The second kappa shape index (κ2) is 8.54. The lowest BCUT2D eigenvalue weighted by molar-refractivity contribution is -0.176. The zero-order chi connectivity index (χ0) is 13.3. The molecular weight excluding hydrogens is 229 g/mol. The number of carbonyl (C=O) groups is 1. The molecule has 0 spiro atoms. The van der Waals surface area contributed by atoms with Crippen LogP contribution in [0.3, 0.4) is 0 Å². The van der Waals surface area contributed by atoms with E-state index in [1.54, 1.807) is 0 Å². The van der Waals surface area contributed by atoms with E-state index in [0.29, 0.717) is 19.3 Å². The van der Waals surface area contributed by atoms with Crippen LogP contribution >= 0.6 is 0 Å². The van der Waals surface area contributed by atoms with Crippen molar-refractivity contribution in [3.8, 4) is 0 Å². The van der Waals surface area contributed by atoms with Crippen molar-refractivity contribution in [2.75, 3.05) is 0 Å². The number of Topliss-reactive ketones (excluding diaryl/α,β-unsaturated/α-hetero) is 1. The first-order chi connectivity index (χ1) is 7.93. The molecule has 0 heterocycles. The number of rotatable bonds is 9. The van der Waals surface area contributed by atoms with Crippen molar-refractivity contribution in [2.24, 2.45) is 5.92 Å². The highest BCUT2D eigenvalue weighted by Crippen LogP contribution is 2.27. The molecule has 0 radical (unpaired) electrons. The quantitative estimate of drug-likeness (QED) is 0.534. The Morgan fingerprint density at radius 2 is 1.47 bits per heavy atom. The first kappa shape index (κ1) is 16.5. The Morgan fingerprint density at radius 1 is 0.941 bits per heavy atom. The van der Waals surface area contributed by atoms with Crippen LogP contribution in [0.2, 0.25) is 0 Å². The minimum atomic E-state index is -4.66. The number of halogens is 3. The number of alkyl halides is 3. The van der Waals surface area contributed by atoms with Gasteiger partial charge < -0.3 is 0 Å². The van der Waals surface area contributed by atoms with Gasteiger partial charge >= 0.3 is 6.18 Å². The highest BCUT2D eigenvalue weighted by molar-refractivity contribution is 5.86. The van der Waals surface area contributed by atoms with Crippen LogP contribution in [0.4, 0.5) is 13.2 Å². The molecule has 0 aromatic heterocycles. The Hall–Kier alpha value is -0.540. The van der Waals surface area contributed by atoms with Gasteiger partial charge in [-0.1, -0.05) is 52.4 Å². The molecule has 1 atom stereocenters. The van der Waals surface area contributed by atoms with Gasteiger partial charge in [0, 0.05) is 5.92 Å². The molecule has 0 aromatic carbocycles. The summed E-state index contributed by atoms with van der Waals surface area (Å²) in [6.45, 7) is 3.97. The van der Waals surface area contributed by atoms with Gasteiger partial charge in [-0.25, -0.2) is 0 Å². The standard InChI is InChI=1S/C13H23F3O/c1-3-5-7-8-10-11(9-6-4-2)12(17)13(14,15)16/h11H,3-10H2,1-2H3. The van der Waals surface area contributed by atoms with Gasteiger partial charge in [0.2, 0.25) is 5.78 Å². The van der Waals surface area contributed by atoms with Crippen LogP contribution in [-0.2, 0) is 4.79 Å². The number of unbranched alkanes of at least 4 members (excludes halogenated alkanes) is 4. The van der Waals surface area contributed by atoms with Gasteiger partial charge in [-0.05, 0) is 12.8 Å². The Balaban J connectivity index is 4.18. The average molecular weight is 252 g/mol. The number of hydrogen-bond donors (Lipinski definition) is 0. The fourth-order valence-corrected chi connectivity index (χ4v) is 1.91. The first-order valence-corrected chi connectivity index (χ1v) is 6.54. The summed E-state index contributed by atoms with van der Waals surface area (Å²) >= 11 is 0. The Labute approximate surface area is 102 Å². The fraction of sp³-hybridized carbons (Fsp3) is 0.923. The maximum atomic E-state index is 12.4. The van der Waals surface area contributed by atoms with E-state index in [-0.39, 0.29) is 0 Å². The van der Waals surface area contributed by atoms with E-state index in [4.69, 9.17) is 0 Å². The molecule has 0 saturated heterocycles. The minimum absolute atomic E-state index is 0.376. The van der Waals surface area contributed by atoms with Gasteiger partial charge in [0.1, 0.15) is 0 Å². The van der Waals surface area contributed by atoms with Crippen LogP contribution < -0.4 is 0 Å². The molecule has 0 amide bonds. The molecule has 0 aliphatic heterocycles.